The van der Waals surface area contributed by atoms with E-state index in [0.717, 1.165) is 0 Å². The lowest BCUT2D eigenvalue weighted by Gasteiger charge is -2.11. The Labute approximate surface area is 109 Å². The number of nitrogens with one attached hydrogen (secondary N) is 1. The second-order valence-corrected chi connectivity index (χ2v) is 3.73. The van der Waals surface area contributed by atoms with Gasteiger partial charge in [-0.15, -0.1) is 0 Å². The summed E-state index contributed by atoms with van der Waals surface area (Å²) in [6, 6.07) is 8.84. The molecular formula is C12H9ClN4O. The van der Waals surface area contributed by atoms with E-state index < -0.39 is 0 Å². The number of para-hydroxylation sites is 1. The van der Waals surface area contributed by atoms with Gasteiger partial charge in [-0.1, -0.05) is 17.7 Å². The molecule has 0 aliphatic carbocycles. The standard InChI is InChI=1S/C12H9ClN4O/c1-18-9-4-2-3-8(6-14)12(9)17-11-5-10(13)15-7-16-11/h2-5,7H,1H3,(H,15,16,17). The molecular weight excluding hydrogens is 252 g/mol. The topological polar surface area (TPSA) is 70.8 Å². The van der Waals surface area contributed by atoms with Crippen molar-refractivity contribution in [3.63, 3.8) is 0 Å². The first-order valence-corrected chi connectivity index (χ1v) is 5.44. The van der Waals surface area contributed by atoms with Gasteiger partial charge >= 0.3 is 0 Å². The summed E-state index contributed by atoms with van der Waals surface area (Å²) in [6.45, 7) is 0. The molecule has 0 amide bonds. The lowest BCUT2D eigenvalue weighted by molar-refractivity contribution is 0.416. The van der Waals surface area contributed by atoms with Crippen LogP contribution in [0.1, 0.15) is 5.56 Å². The zero-order valence-corrected chi connectivity index (χ0v) is 10.3. The van der Waals surface area contributed by atoms with E-state index >= 15 is 0 Å². The van der Waals surface area contributed by atoms with Crippen LogP contribution >= 0.6 is 11.6 Å². The van der Waals surface area contributed by atoms with Crippen molar-refractivity contribution >= 4 is 23.1 Å². The van der Waals surface area contributed by atoms with Gasteiger partial charge in [-0.05, 0) is 12.1 Å². The van der Waals surface area contributed by atoms with Gasteiger partial charge < -0.3 is 10.1 Å². The van der Waals surface area contributed by atoms with Crippen LogP contribution in [-0.2, 0) is 0 Å². The molecule has 0 spiro atoms. The van der Waals surface area contributed by atoms with Crippen LogP contribution in [0, 0.1) is 11.3 Å². The summed E-state index contributed by atoms with van der Waals surface area (Å²) in [5.74, 6) is 1.06. The number of halogens is 1. The molecule has 2 aromatic rings. The minimum absolute atomic E-state index is 0.320. The molecule has 1 N–H and O–H groups in total. The number of rotatable bonds is 3. The van der Waals surface area contributed by atoms with Crippen LogP contribution in [0.25, 0.3) is 0 Å². The number of aromatic nitrogens is 2. The summed E-state index contributed by atoms with van der Waals surface area (Å²) in [6.07, 6.45) is 1.34. The van der Waals surface area contributed by atoms with Gasteiger partial charge in [-0.3, -0.25) is 0 Å². The van der Waals surface area contributed by atoms with Crippen molar-refractivity contribution in [3.05, 3.63) is 41.3 Å². The lowest BCUT2D eigenvalue weighted by atomic mass is 10.2. The molecule has 6 heteroatoms. The van der Waals surface area contributed by atoms with Gasteiger partial charge in [0, 0.05) is 6.07 Å². The molecule has 1 aromatic heterocycles. The maximum atomic E-state index is 9.07. The number of benzene rings is 1. The summed E-state index contributed by atoms with van der Waals surface area (Å²) in [5, 5.41) is 12.4. The zero-order chi connectivity index (χ0) is 13.0. The fraction of sp³-hybridized carbons (Fsp3) is 0.0833. The average molecular weight is 261 g/mol. The van der Waals surface area contributed by atoms with Crippen LogP contribution in [0.3, 0.4) is 0 Å². The first-order valence-electron chi connectivity index (χ1n) is 5.06. The Morgan fingerprint density at radius 3 is 2.89 bits per heavy atom. The van der Waals surface area contributed by atoms with Crippen LogP contribution in [-0.4, -0.2) is 17.1 Å². The van der Waals surface area contributed by atoms with Crippen molar-refractivity contribution in [1.29, 1.82) is 5.26 Å². The molecule has 0 bridgehead atoms. The lowest BCUT2D eigenvalue weighted by Crippen LogP contribution is -1.99. The van der Waals surface area contributed by atoms with Crippen molar-refractivity contribution in [2.75, 3.05) is 12.4 Å². The predicted octanol–water partition coefficient (Wildman–Crippen LogP) is 2.75. The summed E-state index contributed by atoms with van der Waals surface area (Å²) >= 11 is 5.77. The Bertz CT molecular complexity index is 609. The predicted molar refractivity (Wildman–Crippen MR) is 68.0 cm³/mol. The van der Waals surface area contributed by atoms with E-state index in [-0.39, 0.29) is 0 Å². The minimum atomic E-state index is 0.320. The van der Waals surface area contributed by atoms with Crippen molar-refractivity contribution in [1.82, 2.24) is 9.97 Å². The second-order valence-electron chi connectivity index (χ2n) is 3.35. The number of nitrogens with zero attached hydrogens (tertiary/aromatic N) is 3. The van der Waals surface area contributed by atoms with Gasteiger partial charge in [0.15, 0.2) is 0 Å². The molecule has 1 aromatic carbocycles. The number of anilines is 2. The summed E-state index contributed by atoms with van der Waals surface area (Å²) in [5.41, 5.74) is 1.02. The van der Waals surface area contributed by atoms with E-state index in [1.807, 2.05) is 0 Å². The Hall–Kier alpha value is -2.32. The Morgan fingerprint density at radius 1 is 1.39 bits per heavy atom. The second kappa shape index (κ2) is 5.34. The largest absolute Gasteiger partial charge is 0.495 e. The van der Waals surface area contributed by atoms with Gasteiger partial charge in [0.2, 0.25) is 0 Å². The summed E-state index contributed by atoms with van der Waals surface area (Å²) in [4.78, 5) is 7.80. The van der Waals surface area contributed by atoms with Gasteiger partial charge in [-0.25, -0.2) is 9.97 Å². The molecule has 0 aliphatic rings. The fourth-order valence-corrected chi connectivity index (χ4v) is 1.60. The molecule has 18 heavy (non-hydrogen) atoms. The zero-order valence-electron chi connectivity index (χ0n) is 9.51. The molecule has 90 valence electrons. The van der Waals surface area contributed by atoms with Crippen LogP contribution in [0.2, 0.25) is 5.15 Å². The number of hydrogen-bond acceptors (Lipinski definition) is 5. The van der Waals surface area contributed by atoms with Crippen molar-refractivity contribution in [2.24, 2.45) is 0 Å². The molecule has 2 rings (SSSR count). The number of hydrogen-bond donors (Lipinski definition) is 1. The summed E-state index contributed by atoms with van der Waals surface area (Å²) in [7, 11) is 1.54. The molecule has 0 saturated heterocycles. The fourth-order valence-electron chi connectivity index (χ4n) is 1.45. The first kappa shape index (κ1) is 12.1. The molecule has 0 atom stereocenters. The molecule has 5 nitrogen and oxygen atoms in total. The van der Waals surface area contributed by atoms with E-state index in [9.17, 15) is 0 Å². The monoisotopic (exact) mass is 260 g/mol. The Balaban J connectivity index is 2.42. The van der Waals surface area contributed by atoms with Gasteiger partial charge in [-0.2, -0.15) is 5.26 Å². The maximum absolute atomic E-state index is 9.07. The van der Waals surface area contributed by atoms with Gasteiger partial charge in [0.05, 0.1) is 12.7 Å². The highest BCUT2D eigenvalue weighted by Crippen LogP contribution is 2.30. The molecule has 0 saturated carbocycles. The first-order chi connectivity index (χ1) is 8.74. The average Bonchev–Trinajstić information content (AvgIpc) is 2.39. The molecule has 0 fully saturated rings. The van der Waals surface area contributed by atoms with E-state index in [4.69, 9.17) is 21.6 Å². The van der Waals surface area contributed by atoms with Crippen LogP contribution < -0.4 is 10.1 Å². The Kier molecular flexibility index (Phi) is 3.60. The molecule has 0 radical (unpaired) electrons. The molecule has 0 unspecified atom stereocenters. The minimum Gasteiger partial charge on any atom is -0.495 e. The van der Waals surface area contributed by atoms with E-state index in [1.54, 1.807) is 24.3 Å². The third-order valence-corrected chi connectivity index (χ3v) is 2.46. The van der Waals surface area contributed by atoms with Crippen LogP contribution in [0.5, 0.6) is 5.75 Å². The highest BCUT2D eigenvalue weighted by Gasteiger charge is 2.09. The van der Waals surface area contributed by atoms with Crippen LogP contribution in [0.15, 0.2) is 30.6 Å². The number of ether oxygens (including phenoxy) is 1. The SMILES string of the molecule is COc1cccc(C#N)c1Nc1cc(Cl)ncn1. The summed E-state index contributed by atoms with van der Waals surface area (Å²) < 4.78 is 5.20. The van der Waals surface area contributed by atoms with Gasteiger partial charge in [0.25, 0.3) is 0 Å². The Morgan fingerprint density at radius 2 is 2.22 bits per heavy atom. The number of methoxy groups -OCH3 is 1. The normalized spacial score (nSPS) is 9.61. The van der Waals surface area contributed by atoms with E-state index in [1.165, 1.54) is 13.4 Å². The molecule has 0 aliphatic heterocycles. The smallest absolute Gasteiger partial charge is 0.143 e. The maximum Gasteiger partial charge on any atom is 0.143 e. The van der Waals surface area contributed by atoms with Crippen molar-refractivity contribution in [2.45, 2.75) is 0 Å². The van der Waals surface area contributed by atoms with Crippen molar-refractivity contribution < 1.29 is 4.74 Å². The van der Waals surface area contributed by atoms with Crippen molar-refractivity contribution in [3.8, 4) is 11.8 Å². The van der Waals surface area contributed by atoms with E-state index in [0.29, 0.717) is 28.0 Å². The molecule has 1 heterocycles. The van der Waals surface area contributed by atoms with E-state index in [2.05, 4.69) is 21.4 Å². The highest BCUT2D eigenvalue weighted by molar-refractivity contribution is 6.29. The van der Waals surface area contributed by atoms with Crippen LogP contribution in [0.4, 0.5) is 11.5 Å². The third-order valence-electron chi connectivity index (χ3n) is 2.25. The third kappa shape index (κ3) is 2.50. The highest BCUT2D eigenvalue weighted by atomic mass is 35.5. The number of nitriles is 1. The van der Waals surface area contributed by atoms with Gasteiger partial charge in [0.1, 0.15) is 34.8 Å². The quantitative estimate of drug-likeness (QED) is 0.859.